The van der Waals surface area contributed by atoms with Gasteiger partial charge in [-0.2, -0.15) is 0 Å². The van der Waals surface area contributed by atoms with Crippen molar-refractivity contribution in [2.45, 2.75) is 130 Å². The number of carbonyl (C=O) groups is 1. The predicted molar refractivity (Wildman–Crippen MR) is 119 cm³/mol. The standard InChI is InChI=1S/C25H48O2/c1-5-7-9-10-11-12-13-14-15-16-17-18-19-21-24(20-8-6-2)22-27-25(26)23(3)4/h24H,3,5-22H2,1-2,4H3. The summed E-state index contributed by atoms with van der Waals surface area (Å²) in [5.41, 5.74) is 0.505. The molecular weight excluding hydrogens is 332 g/mol. The molecule has 27 heavy (non-hydrogen) atoms. The third-order valence-electron chi connectivity index (χ3n) is 5.48. The van der Waals surface area contributed by atoms with Gasteiger partial charge < -0.3 is 4.74 Å². The lowest BCUT2D eigenvalue weighted by Crippen LogP contribution is -2.15. The molecule has 0 aliphatic heterocycles. The number of hydrogen-bond donors (Lipinski definition) is 0. The van der Waals surface area contributed by atoms with Gasteiger partial charge in [0.25, 0.3) is 0 Å². The van der Waals surface area contributed by atoms with Crippen molar-refractivity contribution in [2.24, 2.45) is 5.92 Å². The van der Waals surface area contributed by atoms with Crippen LogP contribution in [0.4, 0.5) is 0 Å². The molecule has 0 aliphatic carbocycles. The van der Waals surface area contributed by atoms with Crippen LogP contribution in [0.5, 0.6) is 0 Å². The molecule has 2 nitrogen and oxygen atoms in total. The highest BCUT2D eigenvalue weighted by Gasteiger charge is 2.12. The summed E-state index contributed by atoms with van der Waals surface area (Å²) in [6.45, 7) is 10.5. The van der Waals surface area contributed by atoms with E-state index in [1.54, 1.807) is 6.92 Å². The zero-order valence-electron chi connectivity index (χ0n) is 18.8. The largest absolute Gasteiger partial charge is 0.462 e. The van der Waals surface area contributed by atoms with E-state index >= 15 is 0 Å². The third-order valence-corrected chi connectivity index (χ3v) is 5.48. The van der Waals surface area contributed by atoms with Gasteiger partial charge in [-0.15, -0.1) is 0 Å². The molecule has 0 aromatic rings. The molecule has 0 radical (unpaired) electrons. The Balaban J connectivity index is 3.56. The molecule has 160 valence electrons. The second-order valence-electron chi connectivity index (χ2n) is 8.42. The summed E-state index contributed by atoms with van der Waals surface area (Å²) in [6.07, 6.45) is 22.9. The predicted octanol–water partition coefficient (Wildman–Crippen LogP) is 8.39. The molecule has 0 aliphatic rings. The average molecular weight is 381 g/mol. The minimum Gasteiger partial charge on any atom is -0.462 e. The van der Waals surface area contributed by atoms with Crippen molar-refractivity contribution in [1.29, 1.82) is 0 Å². The van der Waals surface area contributed by atoms with Gasteiger partial charge >= 0.3 is 5.97 Å². The van der Waals surface area contributed by atoms with Gasteiger partial charge in [-0.05, 0) is 25.7 Å². The summed E-state index contributed by atoms with van der Waals surface area (Å²) in [7, 11) is 0. The molecule has 0 aromatic carbocycles. The zero-order chi connectivity index (χ0) is 20.2. The van der Waals surface area contributed by atoms with Crippen LogP contribution in [0.2, 0.25) is 0 Å². The molecule has 0 fully saturated rings. The van der Waals surface area contributed by atoms with E-state index in [2.05, 4.69) is 20.4 Å². The zero-order valence-corrected chi connectivity index (χ0v) is 18.8. The molecule has 0 aromatic heterocycles. The first-order chi connectivity index (χ1) is 13.1. The van der Waals surface area contributed by atoms with Crippen molar-refractivity contribution in [3.63, 3.8) is 0 Å². The maximum atomic E-state index is 11.6. The normalized spacial score (nSPS) is 12.1. The van der Waals surface area contributed by atoms with Crippen LogP contribution in [0.1, 0.15) is 130 Å². The van der Waals surface area contributed by atoms with Crippen LogP contribution < -0.4 is 0 Å². The Bertz CT molecular complexity index is 348. The summed E-state index contributed by atoms with van der Waals surface area (Å²) in [5, 5.41) is 0. The smallest absolute Gasteiger partial charge is 0.333 e. The Labute approximate surface area is 170 Å². The van der Waals surface area contributed by atoms with Gasteiger partial charge in [-0.3, -0.25) is 0 Å². The Kier molecular flexibility index (Phi) is 19.4. The van der Waals surface area contributed by atoms with Crippen LogP contribution in [0.25, 0.3) is 0 Å². The van der Waals surface area contributed by atoms with Crippen LogP contribution in [-0.2, 0) is 9.53 Å². The monoisotopic (exact) mass is 380 g/mol. The number of ether oxygens (including phenoxy) is 1. The van der Waals surface area contributed by atoms with Crippen LogP contribution >= 0.6 is 0 Å². The molecule has 0 bridgehead atoms. The summed E-state index contributed by atoms with van der Waals surface area (Å²) in [4.78, 5) is 11.6. The Morgan fingerprint density at radius 1 is 0.704 bits per heavy atom. The first-order valence-corrected chi connectivity index (χ1v) is 11.9. The molecule has 0 amide bonds. The van der Waals surface area contributed by atoms with Gasteiger partial charge in [-0.1, -0.05) is 117 Å². The van der Waals surface area contributed by atoms with E-state index in [1.165, 1.54) is 109 Å². The van der Waals surface area contributed by atoms with Crippen LogP contribution in [0.15, 0.2) is 12.2 Å². The Morgan fingerprint density at radius 2 is 1.11 bits per heavy atom. The molecule has 0 heterocycles. The summed E-state index contributed by atoms with van der Waals surface area (Å²) in [5.74, 6) is 0.294. The maximum absolute atomic E-state index is 11.6. The molecule has 1 unspecified atom stereocenters. The fourth-order valence-electron chi connectivity index (χ4n) is 3.57. The van der Waals surface area contributed by atoms with Gasteiger partial charge in [-0.25, -0.2) is 4.79 Å². The van der Waals surface area contributed by atoms with E-state index in [0.29, 0.717) is 18.1 Å². The maximum Gasteiger partial charge on any atom is 0.333 e. The number of hydrogen-bond acceptors (Lipinski definition) is 2. The van der Waals surface area contributed by atoms with E-state index in [1.807, 2.05) is 0 Å². The van der Waals surface area contributed by atoms with Crippen molar-refractivity contribution >= 4 is 5.97 Å². The topological polar surface area (TPSA) is 26.3 Å². The van der Waals surface area contributed by atoms with Gasteiger partial charge in [0.15, 0.2) is 0 Å². The van der Waals surface area contributed by atoms with Crippen molar-refractivity contribution in [1.82, 2.24) is 0 Å². The third kappa shape index (κ3) is 18.3. The molecule has 0 N–H and O–H groups in total. The first kappa shape index (κ1) is 26.2. The fourth-order valence-corrected chi connectivity index (χ4v) is 3.57. The second kappa shape index (κ2) is 20.0. The molecule has 0 spiro atoms. The summed E-state index contributed by atoms with van der Waals surface area (Å²) < 4.78 is 5.39. The minimum absolute atomic E-state index is 0.234. The molecule has 0 saturated carbocycles. The SMILES string of the molecule is C=C(C)C(=O)OCC(CCCC)CCCCCCCCCCCCCCC. The second-order valence-corrected chi connectivity index (χ2v) is 8.42. The van der Waals surface area contributed by atoms with Crippen LogP contribution in [0.3, 0.4) is 0 Å². The average Bonchev–Trinajstić information content (AvgIpc) is 2.66. The van der Waals surface area contributed by atoms with Gasteiger partial charge in [0.05, 0.1) is 6.61 Å². The van der Waals surface area contributed by atoms with Gasteiger partial charge in [0, 0.05) is 5.57 Å². The molecule has 2 heteroatoms. The highest BCUT2D eigenvalue weighted by Crippen LogP contribution is 2.19. The lowest BCUT2D eigenvalue weighted by Gasteiger charge is -2.16. The number of rotatable bonds is 20. The summed E-state index contributed by atoms with van der Waals surface area (Å²) in [6, 6.07) is 0. The number of unbranched alkanes of at least 4 members (excludes halogenated alkanes) is 13. The first-order valence-electron chi connectivity index (χ1n) is 11.9. The highest BCUT2D eigenvalue weighted by atomic mass is 16.5. The van der Waals surface area contributed by atoms with E-state index in [0.717, 1.165) is 0 Å². The van der Waals surface area contributed by atoms with E-state index in [4.69, 9.17) is 4.74 Å². The molecular formula is C25H48O2. The molecule has 0 rings (SSSR count). The highest BCUT2D eigenvalue weighted by molar-refractivity contribution is 5.86. The quantitative estimate of drug-likeness (QED) is 0.120. The van der Waals surface area contributed by atoms with Crippen molar-refractivity contribution in [3.8, 4) is 0 Å². The lowest BCUT2D eigenvalue weighted by atomic mass is 9.95. The minimum atomic E-state index is -0.234. The Hall–Kier alpha value is -0.790. The Morgan fingerprint density at radius 3 is 1.56 bits per heavy atom. The molecule has 1 atom stereocenters. The van der Waals surface area contributed by atoms with Gasteiger partial charge in [0.1, 0.15) is 0 Å². The van der Waals surface area contributed by atoms with Crippen molar-refractivity contribution in [2.75, 3.05) is 6.61 Å². The van der Waals surface area contributed by atoms with E-state index in [9.17, 15) is 4.79 Å². The fraction of sp³-hybridized carbons (Fsp3) is 0.880. The van der Waals surface area contributed by atoms with Gasteiger partial charge in [0.2, 0.25) is 0 Å². The van der Waals surface area contributed by atoms with E-state index < -0.39 is 0 Å². The van der Waals surface area contributed by atoms with E-state index in [-0.39, 0.29) is 5.97 Å². The molecule has 0 saturated heterocycles. The van der Waals surface area contributed by atoms with Crippen LogP contribution in [0, 0.1) is 5.92 Å². The number of esters is 1. The van der Waals surface area contributed by atoms with Crippen LogP contribution in [-0.4, -0.2) is 12.6 Å². The van der Waals surface area contributed by atoms with Crippen molar-refractivity contribution in [3.05, 3.63) is 12.2 Å². The lowest BCUT2D eigenvalue weighted by molar-refractivity contribution is -0.140. The van der Waals surface area contributed by atoms with Crippen molar-refractivity contribution < 1.29 is 9.53 Å². The number of carbonyl (C=O) groups excluding carboxylic acids is 1. The summed E-state index contributed by atoms with van der Waals surface area (Å²) >= 11 is 0.